The molecule has 0 bridgehead atoms. The summed E-state index contributed by atoms with van der Waals surface area (Å²) >= 11 is 0. The van der Waals surface area contributed by atoms with Crippen LogP contribution in [0.3, 0.4) is 0 Å². The molecule has 0 saturated carbocycles. The van der Waals surface area contributed by atoms with Gasteiger partial charge in [-0.3, -0.25) is 0 Å². The Morgan fingerprint density at radius 1 is 1.23 bits per heavy atom. The van der Waals surface area contributed by atoms with Crippen molar-refractivity contribution >= 4 is 0 Å². The number of benzene rings is 1. The van der Waals surface area contributed by atoms with Gasteiger partial charge in [0, 0.05) is 6.07 Å². The Bertz CT molecular complexity index is 302. The van der Waals surface area contributed by atoms with Crippen molar-refractivity contribution in [2.45, 2.75) is 12.8 Å². The van der Waals surface area contributed by atoms with Crippen molar-refractivity contribution in [3.8, 4) is 5.75 Å². The molecule has 0 aliphatic heterocycles. The van der Waals surface area contributed by atoms with Crippen LogP contribution in [0.15, 0.2) is 12.1 Å². The summed E-state index contributed by atoms with van der Waals surface area (Å²) in [5.74, 6) is -2.09. The van der Waals surface area contributed by atoms with Crippen LogP contribution in [0.1, 0.15) is 12.0 Å². The lowest BCUT2D eigenvalue weighted by molar-refractivity contribution is 0.426. The second kappa shape index (κ2) is 4.18. The van der Waals surface area contributed by atoms with E-state index in [-0.39, 0.29) is 0 Å². The standard InChI is InChI=1S/C9H11F2NO/c10-7-5-8(11)9(13)4-6(7)2-1-3-12/h4-5,13H,1-3,12H2. The molecule has 0 atom stereocenters. The largest absolute Gasteiger partial charge is 0.505 e. The first-order valence-corrected chi connectivity index (χ1v) is 4.02. The summed E-state index contributed by atoms with van der Waals surface area (Å²) in [6, 6.07) is 1.78. The SMILES string of the molecule is NCCCc1cc(O)c(F)cc1F. The molecule has 0 saturated heterocycles. The van der Waals surface area contributed by atoms with Crippen LogP contribution in [-0.2, 0) is 6.42 Å². The Morgan fingerprint density at radius 3 is 2.54 bits per heavy atom. The molecule has 0 heterocycles. The number of aromatic hydroxyl groups is 1. The maximum atomic E-state index is 13.0. The van der Waals surface area contributed by atoms with E-state index in [1.807, 2.05) is 0 Å². The highest BCUT2D eigenvalue weighted by molar-refractivity contribution is 5.30. The van der Waals surface area contributed by atoms with Gasteiger partial charge >= 0.3 is 0 Å². The molecule has 1 aromatic carbocycles. The molecule has 72 valence electrons. The fourth-order valence-corrected chi connectivity index (χ4v) is 1.06. The monoisotopic (exact) mass is 187 g/mol. The molecule has 0 amide bonds. The third-order valence-corrected chi connectivity index (χ3v) is 1.77. The molecule has 13 heavy (non-hydrogen) atoms. The molecule has 0 radical (unpaired) electrons. The fraction of sp³-hybridized carbons (Fsp3) is 0.333. The van der Waals surface area contributed by atoms with E-state index in [1.54, 1.807) is 0 Å². The van der Waals surface area contributed by atoms with Gasteiger partial charge in [-0.25, -0.2) is 8.78 Å². The fourth-order valence-electron chi connectivity index (χ4n) is 1.06. The summed E-state index contributed by atoms with van der Waals surface area (Å²) in [5, 5.41) is 8.95. The summed E-state index contributed by atoms with van der Waals surface area (Å²) in [7, 11) is 0. The Hall–Kier alpha value is -1.16. The first kappa shape index (κ1) is 9.92. The highest BCUT2D eigenvalue weighted by Gasteiger charge is 2.07. The van der Waals surface area contributed by atoms with Gasteiger partial charge in [-0.2, -0.15) is 0 Å². The van der Waals surface area contributed by atoms with E-state index in [9.17, 15) is 8.78 Å². The number of halogens is 2. The highest BCUT2D eigenvalue weighted by Crippen LogP contribution is 2.20. The molecule has 2 nitrogen and oxygen atoms in total. The average Bonchev–Trinajstić information content (AvgIpc) is 2.09. The smallest absolute Gasteiger partial charge is 0.167 e. The van der Waals surface area contributed by atoms with E-state index in [0.29, 0.717) is 31.0 Å². The second-order valence-corrected chi connectivity index (χ2v) is 2.79. The van der Waals surface area contributed by atoms with Gasteiger partial charge in [-0.15, -0.1) is 0 Å². The Kier molecular flexibility index (Phi) is 3.19. The van der Waals surface area contributed by atoms with Crippen LogP contribution in [0.4, 0.5) is 8.78 Å². The van der Waals surface area contributed by atoms with Crippen molar-refractivity contribution in [3.05, 3.63) is 29.3 Å². The summed E-state index contributed by atoms with van der Waals surface area (Å²) < 4.78 is 25.5. The maximum absolute atomic E-state index is 13.0. The van der Waals surface area contributed by atoms with Crippen LogP contribution in [0.5, 0.6) is 5.75 Å². The van der Waals surface area contributed by atoms with E-state index in [0.717, 1.165) is 6.07 Å². The first-order valence-electron chi connectivity index (χ1n) is 4.02. The predicted octanol–water partition coefficient (Wildman–Crippen LogP) is 1.56. The van der Waals surface area contributed by atoms with Crippen molar-refractivity contribution in [1.29, 1.82) is 0 Å². The lowest BCUT2D eigenvalue weighted by Gasteiger charge is -2.03. The molecule has 0 aliphatic rings. The van der Waals surface area contributed by atoms with Crippen molar-refractivity contribution in [2.24, 2.45) is 5.73 Å². The summed E-state index contributed by atoms with van der Waals surface area (Å²) in [6.07, 6.45) is 1.03. The number of hydrogen-bond donors (Lipinski definition) is 2. The van der Waals surface area contributed by atoms with Gasteiger partial charge in [0.1, 0.15) is 5.82 Å². The third-order valence-electron chi connectivity index (χ3n) is 1.77. The zero-order chi connectivity index (χ0) is 9.84. The number of phenolic OH excluding ortho intramolecular Hbond substituents is 1. The quantitative estimate of drug-likeness (QED) is 0.754. The van der Waals surface area contributed by atoms with Crippen LogP contribution in [0.2, 0.25) is 0 Å². The van der Waals surface area contributed by atoms with Gasteiger partial charge in [-0.1, -0.05) is 0 Å². The minimum absolute atomic E-state index is 0.296. The molecule has 0 aliphatic carbocycles. The summed E-state index contributed by atoms with van der Waals surface area (Å²) in [6.45, 7) is 0.442. The molecule has 3 N–H and O–H groups in total. The Morgan fingerprint density at radius 2 is 1.92 bits per heavy atom. The van der Waals surface area contributed by atoms with Gasteiger partial charge < -0.3 is 10.8 Å². The average molecular weight is 187 g/mol. The predicted molar refractivity (Wildman–Crippen MR) is 45.4 cm³/mol. The zero-order valence-corrected chi connectivity index (χ0v) is 7.06. The van der Waals surface area contributed by atoms with E-state index in [2.05, 4.69) is 0 Å². The lowest BCUT2D eigenvalue weighted by atomic mass is 10.1. The first-order chi connectivity index (χ1) is 6.15. The number of hydrogen-bond acceptors (Lipinski definition) is 2. The van der Waals surface area contributed by atoms with Gasteiger partial charge in [-0.05, 0) is 31.0 Å². The number of rotatable bonds is 3. The van der Waals surface area contributed by atoms with Crippen molar-refractivity contribution in [3.63, 3.8) is 0 Å². The molecular formula is C9H11F2NO. The summed E-state index contributed by atoms with van der Waals surface area (Å²) in [4.78, 5) is 0. The lowest BCUT2D eigenvalue weighted by Crippen LogP contribution is -2.01. The minimum atomic E-state index is -0.936. The minimum Gasteiger partial charge on any atom is -0.505 e. The van der Waals surface area contributed by atoms with E-state index >= 15 is 0 Å². The molecule has 4 heteroatoms. The third kappa shape index (κ3) is 2.39. The topological polar surface area (TPSA) is 46.2 Å². The molecule has 1 aromatic rings. The van der Waals surface area contributed by atoms with E-state index in [4.69, 9.17) is 10.8 Å². The highest BCUT2D eigenvalue weighted by atomic mass is 19.1. The Labute approximate surface area is 75.0 Å². The van der Waals surface area contributed by atoms with Gasteiger partial charge in [0.05, 0.1) is 0 Å². The molecule has 0 spiro atoms. The van der Waals surface area contributed by atoms with Crippen LogP contribution < -0.4 is 5.73 Å². The molecular weight excluding hydrogens is 176 g/mol. The maximum Gasteiger partial charge on any atom is 0.167 e. The number of aryl methyl sites for hydroxylation is 1. The van der Waals surface area contributed by atoms with Crippen LogP contribution in [0.25, 0.3) is 0 Å². The Balaban J connectivity index is 2.88. The molecule has 0 fully saturated rings. The zero-order valence-electron chi connectivity index (χ0n) is 7.06. The number of phenols is 1. The van der Waals surface area contributed by atoms with E-state index in [1.165, 1.54) is 0 Å². The van der Waals surface area contributed by atoms with Gasteiger partial charge in [0.25, 0.3) is 0 Å². The van der Waals surface area contributed by atoms with Crippen LogP contribution in [-0.4, -0.2) is 11.7 Å². The molecule has 1 rings (SSSR count). The van der Waals surface area contributed by atoms with E-state index < -0.39 is 17.4 Å². The van der Waals surface area contributed by atoms with Crippen LogP contribution >= 0.6 is 0 Å². The number of nitrogens with two attached hydrogens (primary N) is 1. The summed E-state index contributed by atoms with van der Waals surface area (Å²) in [5.41, 5.74) is 5.53. The molecule has 0 aromatic heterocycles. The van der Waals surface area contributed by atoms with Crippen molar-refractivity contribution in [1.82, 2.24) is 0 Å². The van der Waals surface area contributed by atoms with Crippen molar-refractivity contribution < 1.29 is 13.9 Å². The van der Waals surface area contributed by atoms with Crippen molar-refractivity contribution in [2.75, 3.05) is 6.54 Å². The molecule has 0 unspecified atom stereocenters. The van der Waals surface area contributed by atoms with Gasteiger partial charge in [0.2, 0.25) is 0 Å². The van der Waals surface area contributed by atoms with Gasteiger partial charge in [0.15, 0.2) is 11.6 Å². The second-order valence-electron chi connectivity index (χ2n) is 2.79. The van der Waals surface area contributed by atoms with Crippen LogP contribution in [0, 0.1) is 11.6 Å². The normalized spacial score (nSPS) is 10.4.